The van der Waals surface area contributed by atoms with E-state index in [4.69, 9.17) is 11.6 Å². The van der Waals surface area contributed by atoms with Crippen molar-refractivity contribution in [3.05, 3.63) is 64.9 Å². The van der Waals surface area contributed by atoms with Gasteiger partial charge in [0, 0.05) is 16.3 Å². The summed E-state index contributed by atoms with van der Waals surface area (Å²) in [5, 5.41) is 3.44. The third kappa shape index (κ3) is 4.55. The second kappa shape index (κ2) is 7.38. The molecule has 0 aromatic heterocycles. The lowest BCUT2D eigenvalue weighted by atomic mass is 10.2. The van der Waals surface area contributed by atoms with Crippen molar-refractivity contribution in [3.63, 3.8) is 0 Å². The van der Waals surface area contributed by atoms with E-state index in [1.54, 1.807) is 36.4 Å². The minimum atomic E-state index is -0.256. The van der Waals surface area contributed by atoms with Crippen LogP contribution in [-0.4, -0.2) is 19.0 Å². The molecule has 3 nitrogen and oxygen atoms in total. The number of carbonyl (C=O) groups excluding carboxylic acids is 1. The Balaban J connectivity index is 1.95. The van der Waals surface area contributed by atoms with Gasteiger partial charge in [-0.3, -0.25) is 4.79 Å². The van der Waals surface area contributed by atoms with Crippen molar-refractivity contribution in [1.82, 2.24) is 0 Å². The molecule has 2 atom stereocenters. The molecule has 0 bridgehead atoms. The molecule has 0 radical (unpaired) electrons. The first-order chi connectivity index (χ1) is 10.5. The summed E-state index contributed by atoms with van der Waals surface area (Å²) in [5.41, 5.74) is 1.67. The maximum atomic E-state index is 12.9. The van der Waals surface area contributed by atoms with Crippen molar-refractivity contribution in [3.8, 4) is 0 Å². The Bertz CT molecular complexity index is 645. The molecule has 22 heavy (non-hydrogen) atoms. The van der Waals surface area contributed by atoms with Crippen LogP contribution < -0.4 is 10.2 Å². The molecule has 2 rings (SSSR count). The van der Waals surface area contributed by atoms with E-state index in [0.29, 0.717) is 17.3 Å². The molecule has 0 saturated heterocycles. The molecule has 0 heterocycles. The van der Waals surface area contributed by atoms with Gasteiger partial charge in [-0.05, 0) is 37.3 Å². The molecule has 0 aliphatic carbocycles. The fourth-order valence-corrected chi connectivity index (χ4v) is 2.31. The van der Waals surface area contributed by atoms with E-state index in [0.717, 1.165) is 10.5 Å². The quantitative estimate of drug-likeness (QED) is 0.872. The Morgan fingerprint density at radius 3 is 2.59 bits per heavy atom. The number of anilines is 1. The molecule has 116 valence electrons. The molecule has 0 fully saturated rings. The fourth-order valence-electron chi connectivity index (χ4n) is 2.12. The summed E-state index contributed by atoms with van der Waals surface area (Å²) in [5.74, 6) is -0.338. The molecule has 0 saturated carbocycles. The number of hydrogen-bond acceptors (Lipinski definition) is 1. The summed E-state index contributed by atoms with van der Waals surface area (Å²) in [7, 11) is 1.94. The zero-order valence-corrected chi connectivity index (χ0v) is 13.3. The van der Waals surface area contributed by atoms with Gasteiger partial charge in [0.2, 0.25) is 0 Å². The topological polar surface area (TPSA) is 33.5 Å². The normalized spacial score (nSPS) is 13.5. The first-order valence-electron chi connectivity index (χ1n) is 7.09. The number of halogens is 2. The van der Waals surface area contributed by atoms with Crippen molar-refractivity contribution in [2.45, 2.75) is 19.5 Å². The summed E-state index contributed by atoms with van der Waals surface area (Å²) in [4.78, 5) is 13.3. The van der Waals surface area contributed by atoms with Crippen LogP contribution in [0, 0.1) is 5.82 Å². The zero-order chi connectivity index (χ0) is 16.1. The predicted octanol–water partition coefficient (Wildman–Crippen LogP) is 2.52. The molecule has 1 amide bonds. The van der Waals surface area contributed by atoms with Gasteiger partial charge >= 0.3 is 0 Å². The predicted molar refractivity (Wildman–Crippen MR) is 86.5 cm³/mol. The highest BCUT2D eigenvalue weighted by Gasteiger charge is 2.22. The molecule has 2 aromatic carbocycles. The maximum absolute atomic E-state index is 12.9. The lowest BCUT2D eigenvalue weighted by Crippen LogP contribution is -3.12. The van der Waals surface area contributed by atoms with E-state index in [-0.39, 0.29) is 17.8 Å². The van der Waals surface area contributed by atoms with Crippen LogP contribution in [0.1, 0.15) is 12.5 Å². The Kier molecular flexibility index (Phi) is 5.52. The molecular weight excluding hydrogens is 303 g/mol. The highest BCUT2D eigenvalue weighted by Crippen LogP contribution is 2.14. The van der Waals surface area contributed by atoms with E-state index < -0.39 is 0 Å². The van der Waals surface area contributed by atoms with E-state index in [2.05, 4.69) is 5.32 Å². The van der Waals surface area contributed by atoms with Gasteiger partial charge in [0.05, 0.1) is 7.05 Å². The van der Waals surface area contributed by atoms with Crippen molar-refractivity contribution < 1.29 is 14.1 Å². The number of hydrogen-bond donors (Lipinski definition) is 2. The minimum Gasteiger partial charge on any atom is -0.324 e. The highest BCUT2D eigenvalue weighted by molar-refractivity contribution is 6.30. The second-order valence-electron chi connectivity index (χ2n) is 5.37. The molecule has 2 N–H and O–H groups in total. The summed E-state index contributed by atoms with van der Waals surface area (Å²) in [6, 6.07) is 13.1. The van der Waals surface area contributed by atoms with Gasteiger partial charge in [-0.1, -0.05) is 29.8 Å². The number of quaternary nitrogens is 1. The standard InChI is InChI=1S/C17H18ClFN2O/c1-12(17(22)20-16-5-3-4-14(18)10-16)21(2)11-13-6-8-15(19)9-7-13/h3-10,12H,11H2,1-2H3,(H,20,22)/p+1/t12-/m0/s1. The van der Waals surface area contributed by atoms with Crippen molar-refractivity contribution in [2.75, 3.05) is 12.4 Å². The number of likely N-dealkylation sites (N-methyl/N-ethyl adjacent to an activating group) is 1. The van der Waals surface area contributed by atoms with Gasteiger partial charge in [-0.2, -0.15) is 0 Å². The third-order valence-electron chi connectivity index (χ3n) is 3.62. The third-order valence-corrected chi connectivity index (χ3v) is 3.86. The van der Waals surface area contributed by atoms with Gasteiger partial charge in [0.15, 0.2) is 6.04 Å². The first-order valence-corrected chi connectivity index (χ1v) is 7.46. The van der Waals surface area contributed by atoms with Gasteiger partial charge < -0.3 is 10.2 Å². The molecule has 0 aliphatic rings. The van der Waals surface area contributed by atoms with Gasteiger partial charge in [0.1, 0.15) is 12.4 Å². The summed E-state index contributed by atoms with van der Waals surface area (Å²) >= 11 is 5.90. The molecule has 0 spiro atoms. The van der Waals surface area contributed by atoms with Crippen LogP contribution in [0.25, 0.3) is 0 Å². The average Bonchev–Trinajstić information content (AvgIpc) is 2.48. The zero-order valence-electron chi connectivity index (χ0n) is 12.6. The van der Waals surface area contributed by atoms with Gasteiger partial charge in [0.25, 0.3) is 5.91 Å². The lowest BCUT2D eigenvalue weighted by molar-refractivity contribution is -0.907. The van der Waals surface area contributed by atoms with E-state index >= 15 is 0 Å². The second-order valence-corrected chi connectivity index (χ2v) is 5.81. The first kappa shape index (κ1) is 16.5. The van der Waals surface area contributed by atoms with E-state index in [1.807, 2.05) is 14.0 Å². The van der Waals surface area contributed by atoms with Crippen LogP contribution in [-0.2, 0) is 11.3 Å². The van der Waals surface area contributed by atoms with Crippen LogP contribution in [0.15, 0.2) is 48.5 Å². The Hall–Kier alpha value is -1.91. The fraction of sp³-hybridized carbons (Fsp3) is 0.235. The van der Waals surface area contributed by atoms with Crippen molar-refractivity contribution in [2.24, 2.45) is 0 Å². The number of carbonyl (C=O) groups is 1. The van der Waals surface area contributed by atoms with Crippen LogP contribution in [0.2, 0.25) is 5.02 Å². The van der Waals surface area contributed by atoms with E-state index in [1.165, 1.54) is 12.1 Å². The summed E-state index contributed by atoms with van der Waals surface area (Å²) in [6.45, 7) is 2.50. The largest absolute Gasteiger partial charge is 0.324 e. The van der Waals surface area contributed by atoms with Gasteiger partial charge in [-0.15, -0.1) is 0 Å². The number of benzene rings is 2. The van der Waals surface area contributed by atoms with Crippen LogP contribution in [0.3, 0.4) is 0 Å². The van der Waals surface area contributed by atoms with Gasteiger partial charge in [-0.25, -0.2) is 4.39 Å². The minimum absolute atomic E-state index is 0.0816. The van der Waals surface area contributed by atoms with Crippen molar-refractivity contribution in [1.29, 1.82) is 0 Å². The maximum Gasteiger partial charge on any atom is 0.282 e. The monoisotopic (exact) mass is 321 g/mol. The lowest BCUT2D eigenvalue weighted by Gasteiger charge is -2.21. The van der Waals surface area contributed by atoms with E-state index in [9.17, 15) is 9.18 Å². The van der Waals surface area contributed by atoms with Crippen LogP contribution >= 0.6 is 11.6 Å². The smallest absolute Gasteiger partial charge is 0.282 e. The summed E-state index contributed by atoms with van der Waals surface area (Å²) < 4.78 is 12.9. The Morgan fingerprint density at radius 2 is 1.95 bits per heavy atom. The average molecular weight is 322 g/mol. The van der Waals surface area contributed by atoms with Crippen molar-refractivity contribution >= 4 is 23.2 Å². The molecule has 5 heteroatoms. The molecule has 2 aromatic rings. The van der Waals surface area contributed by atoms with Crippen LogP contribution in [0.4, 0.5) is 10.1 Å². The number of nitrogens with one attached hydrogen (secondary N) is 2. The summed E-state index contributed by atoms with van der Waals surface area (Å²) in [6.07, 6.45) is 0. The molecule has 1 unspecified atom stereocenters. The van der Waals surface area contributed by atoms with Crippen LogP contribution in [0.5, 0.6) is 0 Å². The Morgan fingerprint density at radius 1 is 1.27 bits per heavy atom. The number of rotatable bonds is 5. The SMILES string of the molecule is C[C@@H](C(=O)Nc1cccc(Cl)c1)[NH+](C)Cc1ccc(F)cc1. The Labute approximate surface area is 134 Å². The molecular formula is C17H19ClFN2O+. The highest BCUT2D eigenvalue weighted by atomic mass is 35.5. The number of amides is 1. The molecule has 0 aliphatic heterocycles.